The summed E-state index contributed by atoms with van der Waals surface area (Å²) < 4.78 is 0. The molecule has 4 rings (SSSR count). The van der Waals surface area contributed by atoms with Crippen molar-refractivity contribution in [3.05, 3.63) is 63.6 Å². The Labute approximate surface area is 176 Å². The molecule has 1 fully saturated rings. The number of nitrogens with one attached hydrogen (secondary N) is 1. The van der Waals surface area contributed by atoms with E-state index in [0.29, 0.717) is 16.6 Å². The summed E-state index contributed by atoms with van der Waals surface area (Å²) >= 11 is 12.5. The zero-order valence-corrected chi connectivity index (χ0v) is 17.8. The molecule has 28 heavy (non-hydrogen) atoms. The van der Waals surface area contributed by atoms with Gasteiger partial charge in [-0.25, -0.2) is 0 Å². The SMILES string of the molecule is CC(C)(C)CN1C[C@@H](N)[C@H](c2cccc(Cl)c2)[C@]12C(=O)Nc1cc(Cl)ccc12. The first kappa shape index (κ1) is 19.7. The number of amides is 1. The van der Waals surface area contributed by atoms with Crippen LogP contribution in [0, 0.1) is 5.41 Å². The van der Waals surface area contributed by atoms with E-state index in [9.17, 15) is 4.79 Å². The molecule has 1 amide bonds. The van der Waals surface area contributed by atoms with Gasteiger partial charge in [0.2, 0.25) is 5.91 Å². The molecule has 6 heteroatoms. The minimum Gasteiger partial charge on any atom is -0.326 e. The van der Waals surface area contributed by atoms with Gasteiger partial charge in [-0.15, -0.1) is 0 Å². The second-order valence-electron chi connectivity index (χ2n) is 9.05. The van der Waals surface area contributed by atoms with Crippen LogP contribution in [0.3, 0.4) is 0 Å². The number of carbonyl (C=O) groups excluding carboxylic acids is 1. The minimum atomic E-state index is -0.878. The Balaban J connectivity index is 1.95. The highest BCUT2D eigenvalue weighted by molar-refractivity contribution is 6.31. The maximum absolute atomic E-state index is 13.6. The van der Waals surface area contributed by atoms with Crippen LogP contribution in [0.15, 0.2) is 42.5 Å². The Morgan fingerprint density at radius 1 is 1.18 bits per heavy atom. The lowest BCUT2D eigenvalue weighted by molar-refractivity contribution is -0.127. The Bertz CT molecular complexity index is 940. The summed E-state index contributed by atoms with van der Waals surface area (Å²) in [6, 6.07) is 13.1. The summed E-state index contributed by atoms with van der Waals surface area (Å²) in [6.45, 7) is 7.90. The Kier molecular flexibility index (Phi) is 4.74. The number of nitrogens with zero attached hydrogens (tertiary/aromatic N) is 1. The van der Waals surface area contributed by atoms with E-state index in [-0.39, 0.29) is 23.3 Å². The van der Waals surface area contributed by atoms with Crippen LogP contribution in [-0.4, -0.2) is 29.9 Å². The average Bonchev–Trinajstić information content (AvgIpc) is 3.01. The van der Waals surface area contributed by atoms with Gasteiger partial charge in [0.25, 0.3) is 0 Å². The molecule has 0 saturated carbocycles. The summed E-state index contributed by atoms with van der Waals surface area (Å²) in [7, 11) is 0. The van der Waals surface area contributed by atoms with E-state index in [2.05, 4.69) is 31.0 Å². The lowest BCUT2D eigenvalue weighted by Gasteiger charge is -2.40. The highest BCUT2D eigenvalue weighted by atomic mass is 35.5. The van der Waals surface area contributed by atoms with E-state index in [1.807, 2.05) is 42.5 Å². The van der Waals surface area contributed by atoms with Crippen LogP contribution in [-0.2, 0) is 10.3 Å². The lowest BCUT2D eigenvalue weighted by atomic mass is 9.74. The normalized spacial score (nSPS) is 27.3. The van der Waals surface area contributed by atoms with Gasteiger partial charge in [-0.1, -0.05) is 62.2 Å². The number of nitrogens with two attached hydrogens (primary N) is 1. The number of rotatable bonds is 2. The second kappa shape index (κ2) is 6.74. The first-order chi connectivity index (χ1) is 13.1. The molecule has 3 N–H and O–H groups in total. The van der Waals surface area contributed by atoms with Crippen LogP contribution in [0.1, 0.15) is 37.8 Å². The van der Waals surface area contributed by atoms with Crippen LogP contribution in [0.5, 0.6) is 0 Å². The molecule has 148 valence electrons. The van der Waals surface area contributed by atoms with Crippen LogP contribution in [0.25, 0.3) is 0 Å². The molecule has 2 aliphatic heterocycles. The molecular weight excluding hydrogens is 393 g/mol. The standard InChI is InChI=1S/C22H25Cl2N3O/c1-21(2,3)12-27-11-17(25)19(13-5-4-6-14(23)9-13)22(27)16-8-7-15(24)10-18(16)26-20(22)28/h4-10,17,19H,11-12,25H2,1-3H3,(H,26,28)/t17-,19+,22-/m1/s1. The van der Waals surface area contributed by atoms with Crippen molar-refractivity contribution >= 4 is 34.8 Å². The molecular formula is C22H25Cl2N3O. The molecule has 4 nitrogen and oxygen atoms in total. The second-order valence-corrected chi connectivity index (χ2v) is 9.92. The van der Waals surface area contributed by atoms with Gasteiger partial charge in [0.15, 0.2) is 0 Å². The third-order valence-electron chi connectivity index (χ3n) is 5.67. The van der Waals surface area contributed by atoms with Gasteiger partial charge >= 0.3 is 0 Å². The van der Waals surface area contributed by atoms with Gasteiger partial charge < -0.3 is 11.1 Å². The number of anilines is 1. The van der Waals surface area contributed by atoms with Gasteiger partial charge in [0.1, 0.15) is 5.54 Å². The maximum Gasteiger partial charge on any atom is 0.250 e. The minimum absolute atomic E-state index is 0.00536. The fourth-order valence-electron chi connectivity index (χ4n) is 4.88. The first-order valence-corrected chi connectivity index (χ1v) is 10.3. The number of hydrogen-bond acceptors (Lipinski definition) is 3. The zero-order valence-electron chi connectivity index (χ0n) is 16.3. The molecule has 2 aliphatic rings. The summed E-state index contributed by atoms with van der Waals surface area (Å²) in [5, 5.41) is 4.31. The highest BCUT2D eigenvalue weighted by Crippen LogP contribution is 2.55. The van der Waals surface area contributed by atoms with E-state index >= 15 is 0 Å². The number of carbonyl (C=O) groups is 1. The van der Waals surface area contributed by atoms with Crippen LogP contribution >= 0.6 is 23.2 Å². The smallest absolute Gasteiger partial charge is 0.250 e. The van der Waals surface area contributed by atoms with E-state index in [0.717, 1.165) is 23.4 Å². The fourth-order valence-corrected chi connectivity index (χ4v) is 5.25. The summed E-state index contributed by atoms with van der Waals surface area (Å²) in [6.07, 6.45) is 0. The van der Waals surface area contributed by atoms with E-state index < -0.39 is 5.54 Å². The van der Waals surface area contributed by atoms with Crippen molar-refractivity contribution in [1.82, 2.24) is 4.90 Å². The molecule has 3 atom stereocenters. The maximum atomic E-state index is 13.6. The van der Waals surface area contributed by atoms with Crippen molar-refractivity contribution in [3.8, 4) is 0 Å². The molecule has 2 aromatic rings. The van der Waals surface area contributed by atoms with Crippen LogP contribution in [0.2, 0.25) is 10.0 Å². The number of benzene rings is 2. The Morgan fingerprint density at radius 3 is 2.57 bits per heavy atom. The van der Waals surface area contributed by atoms with Gasteiger partial charge in [-0.2, -0.15) is 0 Å². The van der Waals surface area contributed by atoms with Gasteiger partial charge in [-0.05, 0) is 35.2 Å². The number of hydrogen-bond donors (Lipinski definition) is 2. The molecule has 0 aromatic heterocycles. The van der Waals surface area contributed by atoms with Crippen molar-refractivity contribution in [2.24, 2.45) is 11.1 Å². The van der Waals surface area contributed by atoms with Crippen molar-refractivity contribution in [1.29, 1.82) is 0 Å². The molecule has 2 aromatic carbocycles. The topological polar surface area (TPSA) is 58.4 Å². The third kappa shape index (κ3) is 3.03. The predicted octanol–water partition coefficient (Wildman–Crippen LogP) is 4.61. The molecule has 1 spiro atoms. The fraction of sp³-hybridized carbons (Fsp3) is 0.409. The molecule has 2 heterocycles. The Hall–Kier alpha value is -1.59. The Morgan fingerprint density at radius 2 is 1.89 bits per heavy atom. The van der Waals surface area contributed by atoms with E-state index in [4.69, 9.17) is 28.9 Å². The van der Waals surface area contributed by atoms with Gasteiger partial charge in [0.05, 0.1) is 0 Å². The first-order valence-electron chi connectivity index (χ1n) is 9.50. The quantitative estimate of drug-likeness (QED) is 0.749. The van der Waals surface area contributed by atoms with E-state index in [1.165, 1.54) is 0 Å². The molecule has 0 bridgehead atoms. The van der Waals surface area contributed by atoms with Crippen LogP contribution in [0.4, 0.5) is 5.69 Å². The monoisotopic (exact) mass is 417 g/mol. The zero-order chi connectivity index (χ0) is 20.3. The van der Waals surface area contributed by atoms with Crippen molar-refractivity contribution in [3.63, 3.8) is 0 Å². The summed E-state index contributed by atoms with van der Waals surface area (Å²) in [5.41, 5.74) is 8.49. The van der Waals surface area contributed by atoms with Crippen molar-refractivity contribution < 1.29 is 4.79 Å². The van der Waals surface area contributed by atoms with Crippen molar-refractivity contribution in [2.45, 2.75) is 38.3 Å². The number of fused-ring (bicyclic) bond motifs is 2. The summed E-state index contributed by atoms with van der Waals surface area (Å²) in [5.74, 6) is -0.261. The third-order valence-corrected chi connectivity index (χ3v) is 6.14. The predicted molar refractivity (Wildman–Crippen MR) is 115 cm³/mol. The lowest BCUT2D eigenvalue weighted by Crippen LogP contribution is -2.52. The molecule has 0 aliphatic carbocycles. The van der Waals surface area contributed by atoms with Crippen LogP contribution < -0.4 is 11.1 Å². The van der Waals surface area contributed by atoms with Gasteiger partial charge in [-0.3, -0.25) is 9.69 Å². The van der Waals surface area contributed by atoms with Crippen molar-refractivity contribution in [2.75, 3.05) is 18.4 Å². The number of likely N-dealkylation sites (tertiary alicyclic amines) is 1. The number of halogens is 2. The summed E-state index contributed by atoms with van der Waals surface area (Å²) in [4.78, 5) is 15.8. The molecule has 1 saturated heterocycles. The van der Waals surface area contributed by atoms with E-state index in [1.54, 1.807) is 0 Å². The largest absolute Gasteiger partial charge is 0.326 e. The average molecular weight is 418 g/mol. The molecule has 0 radical (unpaired) electrons. The highest BCUT2D eigenvalue weighted by Gasteiger charge is 2.62. The molecule has 0 unspecified atom stereocenters. The van der Waals surface area contributed by atoms with Gasteiger partial charge in [0, 0.05) is 46.3 Å².